The van der Waals surface area contributed by atoms with Gasteiger partial charge < -0.3 is 19.6 Å². The summed E-state index contributed by atoms with van der Waals surface area (Å²) in [4.78, 5) is 35.4. The molecule has 0 aromatic rings. The van der Waals surface area contributed by atoms with Crippen molar-refractivity contribution in [2.24, 2.45) is 0 Å². The summed E-state index contributed by atoms with van der Waals surface area (Å²) >= 11 is 0. The molecular formula is C8H20O6P2. The third kappa shape index (κ3) is 8.45. The molecule has 0 fully saturated rings. The summed E-state index contributed by atoms with van der Waals surface area (Å²) in [6.45, 7) is 2.01. The van der Waals surface area contributed by atoms with Crippen molar-refractivity contribution in [1.29, 1.82) is 0 Å². The van der Waals surface area contributed by atoms with Gasteiger partial charge in [-0.2, -0.15) is 0 Å². The lowest BCUT2D eigenvalue weighted by molar-refractivity contribution is 0.341. The molecule has 0 aliphatic heterocycles. The predicted octanol–water partition coefficient (Wildman–Crippen LogP) is 1.68. The second-order valence-electron chi connectivity index (χ2n) is 3.94. The van der Waals surface area contributed by atoms with Crippen LogP contribution in [0.4, 0.5) is 0 Å². The Morgan fingerprint density at radius 1 is 1.00 bits per heavy atom. The number of hydrogen-bond donors (Lipinski definition) is 4. The van der Waals surface area contributed by atoms with E-state index in [-0.39, 0.29) is 6.42 Å². The molecule has 16 heavy (non-hydrogen) atoms. The lowest BCUT2D eigenvalue weighted by Gasteiger charge is -2.18. The van der Waals surface area contributed by atoms with Crippen LogP contribution in [0.1, 0.15) is 39.0 Å². The standard InChI is InChI=1S/C8H20O6P2/c1-2-3-4-5-6-8(16(12,13)14)7-15(9,10)11/h8H,2-7H2,1H3,(H2,9,10,11)(H2,12,13,14). The van der Waals surface area contributed by atoms with Gasteiger partial charge in [0.25, 0.3) is 0 Å². The molecule has 8 heteroatoms. The fraction of sp³-hybridized carbons (Fsp3) is 1.00. The Morgan fingerprint density at radius 3 is 1.94 bits per heavy atom. The zero-order chi connectivity index (χ0) is 12.8. The van der Waals surface area contributed by atoms with Gasteiger partial charge in [0.05, 0.1) is 11.8 Å². The third-order valence-corrected chi connectivity index (χ3v) is 4.91. The van der Waals surface area contributed by atoms with Crippen molar-refractivity contribution in [1.82, 2.24) is 0 Å². The molecule has 0 aromatic heterocycles. The highest BCUT2D eigenvalue weighted by molar-refractivity contribution is 7.56. The van der Waals surface area contributed by atoms with Gasteiger partial charge in [0.1, 0.15) is 0 Å². The van der Waals surface area contributed by atoms with Gasteiger partial charge in [0.2, 0.25) is 0 Å². The van der Waals surface area contributed by atoms with Crippen LogP contribution in [0.2, 0.25) is 0 Å². The molecular weight excluding hydrogens is 254 g/mol. The van der Waals surface area contributed by atoms with Crippen molar-refractivity contribution < 1.29 is 28.7 Å². The van der Waals surface area contributed by atoms with E-state index in [1.165, 1.54) is 0 Å². The molecule has 98 valence electrons. The summed E-state index contributed by atoms with van der Waals surface area (Å²) in [5.41, 5.74) is -1.22. The Balaban J connectivity index is 4.24. The highest BCUT2D eigenvalue weighted by Crippen LogP contribution is 2.50. The van der Waals surface area contributed by atoms with Crippen LogP contribution < -0.4 is 0 Å². The molecule has 0 aromatic carbocycles. The summed E-state index contributed by atoms with van der Waals surface area (Å²) in [5.74, 6) is 0. The molecule has 1 unspecified atom stereocenters. The van der Waals surface area contributed by atoms with E-state index in [1.807, 2.05) is 6.92 Å². The fourth-order valence-electron chi connectivity index (χ4n) is 1.45. The average molecular weight is 274 g/mol. The van der Waals surface area contributed by atoms with Crippen molar-refractivity contribution in [2.45, 2.75) is 44.7 Å². The summed E-state index contributed by atoms with van der Waals surface area (Å²) < 4.78 is 21.8. The Hall–Kier alpha value is 0.300. The van der Waals surface area contributed by atoms with Gasteiger partial charge in [0, 0.05) is 0 Å². The molecule has 1 atom stereocenters. The molecule has 6 nitrogen and oxygen atoms in total. The second-order valence-corrected chi connectivity index (χ2v) is 7.54. The molecule has 0 rings (SSSR count). The Bertz CT molecular complexity index is 280. The van der Waals surface area contributed by atoms with Crippen LogP contribution >= 0.6 is 15.2 Å². The Kier molecular flexibility index (Phi) is 7.03. The number of rotatable bonds is 8. The first-order chi connectivity index (χ1) is 7.17. The van der Waals surface area contributed by atoms with Crippen molar-refractivity contribution >= 4 is 15.2 Å². The zero-order valence-corrected chi connectivity index (χ0v) is 11.1. The molecule has 0 radical (unpaired) electrons. The average Bonchev–Trinajstić information content (AvgIpc) is 2.06. The Labute approximate surface area is 95.4 Å². The van der Waals surface area contributed by atoms with Crippen molar-refractivity contribution in [3.63, 3.8) is 0 Å². The Morgan fingerprint density at radius 2 is 1.56 bits per heavy atom. The number of hydrogen-bond acceptors (Lipinski definition) is 2. The third-order valence-electron chi connectivity index (χ3n) is 2.32. The molecule has 0 spiro atoms. The molecule has 0 bridgehead atoms. The summed E-state index contributed by atoms with van der Waals surface area (Å²) in [7, 11) is -8.78. The smallest absolute Gasteiger partial charge is 0.324 e. The monoisotopic (exact) mass is 274 g/mol. The molecule has 0 saturated carbocycles. The van der Waals surface area contributed by atoms with Crippen LogP contribution in [-0.4, -0.2) is 31.4 Å². The lowest BCUT2D eigenvalue weighted by Crippen LogP contribution is -2.14. The minimum atomic E-state index is -4.41. The van der Waals surface area contributed by atoms with E-state index in [2.05, 4.69) is 0 Å². The van der Waals surface area contributed by atoms with Crippen LogP contribution in [0.15, 0.2) is 0 Å². The molecule has 0 aliphatic rings. The van der Waals surface area contributed by atoms with Gasteiger partial charge in [0.15, 0.2) is 0 Å². The summed E-state index contributed by atoms with van der Waals surface area (Å²) in [6.07, 6.45) is 2.80. The molecule has 0 heterocycles. The van der Waals surface area contributed by atoms with Crippen molar-refractivity contribution in [3.05, 3.63) is 0 Å². The van der Waals surface area contributed by atoms with Gasteiger partial charge in [-0.25, -0.2) is 0 Å². The van der Waals surface area contributed by atoms with Crippen LogP contribution in [0.25, 0.3) is 0 Å². The number of unbranched alkanes of at least 4 members (excludes halogenated alkanes) is 3. The zero-order valence-electron chi connectivity index (χ0n) is 9.32. The fourth-order valence-corrected chi connectivity index (χ4v) is 4.19. The maximum Gasteiger partial charge on any atom is 0.329 e. The van der Waals surface area contributed by atoms with Gasteiger partial charge in [-0.15, -0.1) is 0 Å². The van der Waals surface area contributed by atoms with Crippen LogP contribution in [0, 0.1) is 0 Å². The van der Waals surface area contributed by atoms with E-state index in [0.717, 1.165) is 19.3 Å². The molecule has 0 aliphatic carbocycles. The van der Waals surface area contributed by atoms with Gasteiger partial charge in [-0.3, -0.25) is 9.13 Å². The van der Waals surface area contributed by atoms with Crippen LogP contribution in [-0.2, 0) is 9.13 Å². The summed E-state index contributed by atoms with van der Waals surface area (Å²) in [6, 6.07) is 0. The predicted molar refractivity (Wildman–Crippen MR) is 61.5 cm³/mol. The van der Waals surface area contributed by atoms with Crippen molar-refractivity contribution in [2.75, 3.05) is 6.16 Å². The summed E-state index contributed by atoms with van der Waals surface area (Å²) in [5, 5.41) is 0. The highest BCUT2D eigenvalue weighted by Gasteiger charge is 2.34. The van der Waals surface area contributed by atoms with E-state index in [4.69, 9.17) is 19.6 Å². The van der Waals surface area contributed by atoms with Gasteiger partial charge in [-0.1, -0.05) is 32.6 Å². The molecule has 0 saturated heterocycles. The first-order valence-electron chi connectivity index (χ1n) is 5.26. The van der Waals surface area contributed by atoms with Gasteiger partial charge >= 0.3 is 15.2 Å². The van der Waals surface area contributed by atoms with Gasteiger partial charge in [-0.05, 0) is 6.42 Å². The van der Waals surface area contributed by atoms with Crippen LogP contribution in [0.3, 0.4) is 0 Å². The maximum absolute atomic E-state index is 11.0. The van der Waals surface area contributed by atoms with E-state index < -0.39 is 27.0 Å². The van der Waals surface area contributed by atoms with Crippen molar-refractivity contribution in [3.8, 4) is 0 Å². The largest absolute Gasteiger partial charge is 0.329 e. The minimum Gasteiger partial charge on any atom is -0.324 e. The molecule has 4 N–H and O–H groups in total. The quantitative estimate of drug-likeness (QED) is 0.395. The first kappa shape index (κ1) is 16.3. The maximum atomic E-state index is 11.0. The molecule has 0 amide bonds. The lowest BCUT2D eigenvalue weighted by atomic mass is 10.1. The highest BCUT2D eigenvalue weighted by atomic mass is 31.2. The van der Waals surface area contributed by atoms with E-state index in [9.17, 15) is 9.13 Å². The SMILES string of the molecule is CCCCCCC(CP(=O)(O)O)P(=O)(O)O. The minimum absolute atomic E-state index is 0.162. The topological polar surface area (TPSA) is 115 Å². The van der Waals surface area contributed by atoms with E-state index >= 15 is 0 Å². The van der Waals surface area contributed by atoms with E-state index in [0.29, 0.717) is 6.42 Å². The van der Waals surface area contributed by atoms with E-state index in [1.54, 1.807) is 0 Å². The first-order valence-corrected chi connectivity index (χ1v) is 8.74. The van der Waals surface area contributed by atoms with Crippen LogP contribution in [0.5, 0.6) is 0 Å². The normalized spacial score (nSPS) is 15.1. The second kappa shape index (κ2) is 6.90.